The molecule has 0 spiro atoms. The lowest BCUT2D eigenvalue weighted by molar-refractivity contribution is -0.169. The standard InChI is InChI=1S/C19H22N2O9S2/c1-29-17(22)19(18(23)30-2,12-14-4-3-5-16(10-14)31(20,24)25)11-13-6-8-15(9-7-13)21-32(26,27)28/h3-10,21H,11-12H2,1-2H3,(H2,20,24,25)(H,26,27,28). The predicted molar refractivity (Wildman–Crippen MR) is 113 cm³/mol. The van der Waals surface area contributed by atoms with Crippen LogP contribution in [0.15, 0.2) is 53.4 Å². The third kappa shape index (κ3) is 6.26. The molecule has 0 aromatic heterocycles. The Balaban J connectivity index is 2.50. The highest BCUT2D eigenvalue weighted by atomic mass is 32.2. The third-order valence-electron chi connectivity index (χ3n) is 4.59. The van der Waals surface area contributed by atoms with E-state index in [0.29, 0.717) is 11.1 Å². The molecule has 0 atom stereocenters. The van der Waals surface area contributed by atoms with Crippen LogP contribution in [0, 0.1) is 5.41 Å². The molecule has 32 heavy (non-hydrogen) atoms. The molecule has 174 valence electrons. The smallest absolute Gasteiger partial charge is 0.357 e. The molecule has 2 aromatic rings. The van der Waals surface area contributed by atoms with Crippen LogP contribution in [0.3, 0.4) is 0 Å². The predicted octanol–water partition coefficient (Wildman–Crippen LogP) is 0.666. The van der Waals surface area contributed by atoms with E-state index < -0.39 is 37.7 Å². The number of ether oxygens (including phenoxy) is 2. The van der Waals surface area contributed by atoms with Crippen molar-refractivity contribution in [3.63, 3.8) is 0 Å². The number of benzene rings is 2. The van der Waals surface area contributed by atoms with E-state index in [2.05, 4.69) is 0 Å². The molecule has 0 bridgehead atoms. The van der Waals surface area contributed by atoms with Gasteiger partial charge in [-0.05, 0) is 48.2 Å². The van der Waals surface area contributed by atoms with Crippen molar-refractivity contribution in [2.24, 2.45) is 10.6 Å². The van der Waals surface area contributed by atoms with Gasteiger partial charge in [-0.3, -0.25) is 18.9 Å². The molecule has 2 rings (SSSR count). The molecular formula is C19H22N2O9S2. The maximum Gasteiger partial charge on any atom is 0.357 e. The third-order valence-corrected chi connectivity index (χ3v) is 6.00. The van der Waals surface area contributed by atoms with Gasteiger partial charge in [-0.15, -0.1) is 0 Å². The summed E-state index contributed by atoms with van der Waals surface area (Å²) < 4.78 is 65.7. The van der Waals surface area contributed by atoms with Crippen LogP contribution in [0.25, 0.3) is 0 Å². The number of anilines is 1. The lowest BCUT2D eigenvalue weighted by atomic mass is 9.76. The topological polar surface area (TPSA) is 179 Å². The van der Waals surface area contributed by atoms with Crippen LogP contribution in [0.1, 0.15) is 11.1 Å². The molecule has 0 unspecified atom stereocenters. The zero-order valence-corrected chi connectivity index (χ0v) is 18.8. The summed E-state index contributed by atoms with van der Waals surface area (Å²) in [7, 11) is -6.30. The van der Waals surface area contributed by atoms with E-state index >= 15 is 0 Å². The van der Waals surface area contributed by atoms with Crippen LogP contribution < -0.4 is 9.86 Å². The van der Waals surface area contributed by atoms with Crippen LogP contribution in [-0.2, 0) is 52.2 Å². The molecule has 0 saturated heterocycles. The van der Waals surface area contributed by atoms with Crippen LogP contribution >= 0.6 is 0 Å². The molecule has 0 saturated carbocycles. The van der Waals surface area contributed by atoms with Gasteiger partial charge in [-0.25, -0.2) is 13.6 Å². The van der Waals surface area contributed by atoms with Gasteiger partial charge in [-0.2, -0.15) is 8.42 Å². The Hall–Kier alpha value is -3.00. The Labute approximate surface area is 185 Å². The van der Waals surface area contributed by atoms with Gasteiger partial charge < -0.3 is 9.47 Å². The molecule has 0 fully saturated rings. The molecule has 0 heterocycles. The number of sulfonamides is 1. The van der Waals surface area contributed by atoms with Crippen LogP contribution in [-0.4, -0.2) is 47.5 Å². The first-order chi connectivity index (χ1) is 14.8. The van der Waals surface area contributed by atoms with Crippen molar-refractivity contribution in [3.8, 4) is 0 Å². The maximum atomic E-state index is 12.8. The summed E-state index contributed by atoms with van der Waals surface area (Å²) in [5.74, 6) is -1.82. The molecule has 4 N–H and O–H groups in total. The number of nitrogens with one attached hydrogen (secondary N) is 1. The lowest BCUT2D eigenvalue weighted by Gasteiger charge is -2.28. The summed E-state index contributed by atoms with van der Waals surface area (Å²) in [5, 5.41) is 5.17. The number of primary sulfonamides is 1. The van der Waals surface area contributed by atoms with Gasteiger partial charge in [0.2, 0.25) is 10.0 Å². The number of carbonyl (C=O) groups excluding carboxylic acids is 2. The summed E-state index contributed by atoms with van der Waals surface area (Å²) in [6.45, 7) is 0. The normalized spacial score (nSPS) is 12.1. The Kier molecular flexibility index (Phi) is 7.62. The van der Waals surface area contributed by atoms with E-state index in [1.807, 2.05) is 4.72 Å². The zero-order valence-electron chi connectivity index (χ0n) is 17.1. The molecule has 0 aliphatic rings. The van der Waals surface area contributed by atoms with E-state index in [0.717, 1.165) is 14.2 Å². The first kappa shape index (κ1) is 25.3. The minimum Gasteiger partial charge on any atom is -0.468 e. The Morgan fingerprint density at radius 2 is 1.47 bits per heavy atom. The number of rotatable bonds is 9. The average Bonchev–Trinajstić information content (AvgIpc) is 2.72. The van der Waals surface area contributed by atoms with Crippen molar-refractivity contribution in [2.75, 3.05) is 18.9 Å². The fraction of sp³-hybridized carbons (Fsp3) is 0.263. The Morgan fingerprint density at radius 1 is 0.938 bits per heavy atom. The van der Waals surface area contributed by atoms with Crippen LogP contribution in [0.4, 0.5) is 5.69 Å². The van der Waals surface area contributed by atoms with E-state index in [9.17, 15) is 26.4 Å². The second-order valence-corrected chi connectivity index (χ2v) is 9.60. The first-order valence-electron chi connectivity index (χ1n) is 8.93. The quantitative estimate of drug-likeness (QED) is 0.261. The molecule has 2 aromatic carbocycles. The van der Waals surface area contributed by atoms with Crippen molar-refractivity contribution in [3.05, 3.63) is 59.7 Å². The molecule has 0 aliphatic carbocycles. The van der Waals surface area contributed by atoms with Gasteiger partial charge in [-0.1, -0.05) is 24.3 Å². The van der Waals surface area contributed by atoms with Crippen LogP contribution in [0.2, 0.25) is 0 Å². The largest absolute Gasteiger partial charge is 0.468 e. The van der Waals surface area contributed by atoms with E-state index in [4.69, 9.17) is 19.2 Å². The van der Waals surface area contributed by atoms with E-state index in [1.54, 1.807) is 0 Å². The van der Waals surface area contributed by atoms with Crippen molar-refractivity contribution in [1.29, 1.82) is 0 Å². The Bertz CT molecular complexity index is 1190. The van der Waals surface area contributed by atoms with Gasteiger partial charge >= 0.3 is 22.2 Å². The van der Waals surface area contributed by atoms with Gasteiger partial charge in [0.25, 0.3) is 0 Å². The van der Waals surface area contributed by atoms with Crippen molar-refractivity contribution in [2.45, 2.75) is 17.7 Å². The molecule has 0 aliphatic heterocycles. The maximum absolute atomic E-state index is 12.8. The molecule has 13 heteroatoms. The molecule has 0 radical (unpaired) electrons. The number of esters is 2. The van der Waals surface area contributed by atoms with Crippen molar-refractivity contribution < 1.29 is 40.5 Å². The van der Waals surface area contributed by atoms with Crippen molar-refractivity contribution in [1.82, 2.24) is 0 Å². The SMILES string of the molecule is COC(=O)C(Cc1ccc(NS(=O)(=O)O)cc1)(Cc1cccc(S(N)(=O)=O)c1)C(=O)OC. The van der Waals surface area contributed by atoms with E-state index in [1.165, 1.54) is 48.5 Å². The number of hydrogen-bond acceptors (Lipinski definition) is 8. The first-order valence-corrected chi connectivity index (χ1v) is 11.9. The number of carbonyl (C=O) groups is 2. The summed E-state index contributed by atoms with van der Waals surface area (Å²) in [5.41, 5.74) is -1.07. The minimum atomic E-state index is -4.47. The minimum absolute atomic E-state index is 0.0545. The second kappa shape index (κ2) is 9.65. The van der Waals surface area contributed by atoms with Crippen LogP contribution in [0.5, 0.6) is 0 Å². The Morgan fingerprint density at radius 3 is 1.94 bits per heavy atom. The second-order valence-electron chi connectivity index (χ2n) is 6.89. The fourth-order valence-corrected chi connectivity index (χ4v) is 4.21. The van der Waals surface area contributed by atoms with Gasteiger partial charge in [0, 0.05) is 0 Å². The number of nitrogens with two attached hydrogens (primary N) is 1. The highest BCUT2D eigenvalue weighted by molar-refractivity contribution is 7.89. The van der Waals surface area contributed by atoms with Gasteiger partial charge in [0.15, 0.2) is 5.41 Å². The summed E-state index contributed by atoms with van der Waals surface area (Å²) in [6.07, 6.45) is -0.473. The van der Waals surface area contributed by atoms with Gasteiger partial charge in [0.05, 0.1) is 24.8 Å². The van der Waals surface area contributed by atoms with Gasteiger partial charge in [0.1, 0.15) is 0 Å². The lowest BCUT2D eigenvalue weighted by Crippen LogP contribution is -2.45. The summed E-state index contributed by atoms with van der Waals surface area (Å²) >= 11 is 0. The number of methoxy groups -OCH3 is 2. The monoisotopic (exact) mass is 486 g/mol. The van der Waals surface area contributed by atoms with Crippen molar-refractivity contribution >= 4 is 38.0 Å². The molecular weight excluding hydrogens is 464 g/mol. The summed E-state index contributed by atoms with van der Waals surface area (Å²) in [4.78, 5) is 25.4. The van der Waals surface area contributed by atoms with E-state index in [-0.39, 0.29) is 23.4 Å². The average molecular weight is 487 g/mol. The molecule has 0 amide bonds. The highest BCUT2D eigenvalue weighted by Crippen LogP contribution is 2.32. The summed E-state index contributed by atoms with van der Waals surface area (Å²) in [6, 6.07) is 11.0. The zero-order chi connectivity index (χ0) is 24.2. The number of hydrogen-bond donors (Lipinski definition) is 3. The molecule has 11 nitrogen and oxygen atoms in total. The highest BCUT2D eigenvalue weighted by Gasteiger charge is 2.48. The fourth-order valence-electron chi connectivity index (χ4n) is 3.19.